The van der Waals surface area contributed by atoms with Crippen LogP contribution in [-0.4, -0.2) is 75.7 Å². The molecule has 0 aliphatic carbocycles. The summed E-state index contributed by atoms with van der Waals surface area (Å²) in [6.45, 7) is 2.58. The van der Waals surface area contributed by atoms with E-state index in [2.05, 4.69) is 16.0 Å². The van der Waals surface area contributed by atoms with Gasteiger partial charge in [0.1, 0.15) is 23.9 Å². The van der Waals surface area contributed by atoms with Gasteiger partial charge in [-0.15, -0.1) is 0 Å². The summed E-state index contributed by atoms with van der Waals surface area (Å²) in [7, 11) is 0. The van der Waals surface area contributed by atoms with Crippen molar-refractivity contribution < 1.29 is 39.3 Å². The first-order valence-corrected chi connectivity index (χ1v) is 11.0. The van der Waals surface area contributed by atoms with E-state index in [9.17, 15) is 39.3 Å². The number of carbonyl (C=O) groups excluding carboxylic acids is 4. The first-order valence-electron chi connectivity index (χ1n) is 11.0. The molecule has 13 nitrogen and oxygen atoms in total. The molecule has 35 heavy (non-hydrogen) atoms. The first-order chi connectivity index (χ1) is 16.4. The molecule has 1 rings (SSSR count). The molecule has 1 aromatic rings. The SMILES string of the molecule is CCC(C)C(NC(=O)C(N)CC(N)=O)C(=O)NC(CO)C(=O)NC(Cc1ccc(O)cc1)C(=O)O. The van der Waals surface area contributed by atoms with Gasteiger partial charge >= 0.3 is 5.97 Å². The molecule has 194 valence electrons. The molecule has 0 aromatic heterocycles. The fraction of sp³-hybridized carbons (Fsp3) is 0.500. The van der Waals surface area contributed by atoms with Crippen molar-refractivity contribution in [3.05, 3.63) is 29.8 Å². The monoisotopic (exact) mass is 495 g/mol. The number of carbonyl (C=O) groups is 5. The zero-order valence-electron chi connectivity index (χ0n) is 19.6. The molecule has 0 radical (unpaired) electrons. The van der Waals surface area contributed by atoms with Gasteiger partial charge in [0.15, 0.2) is 0 Å². The minimum absolute atomic E-state index is 0.00810. The minimum atomic E-state index is -1.51. The fourth-order valence-electron chi connectivity index (χ4n) is 3.07. The van der Waals surface area contributed by atoms with Gasteiger partial charge in [0.05, 0.1) is 19.1 Å². The summed E-state index contributed by atoms with van der Waals surface area (Å²) >= 11 is 0. The normalized spacial score (nSPS) is 15.1. The van der Waals surface area contributed by atoms with Gasteiger partial charge in [0, 0.05) is 6.42 Å². The lowest BCUT2D eigenvalue weighted by molar-refractivity contribution is -0.142. The third-order valence-electron chi connectivity index (χ3n) is 5.36. The van der Waals surface area contributed by atoms with Crippen LogP contribution in [0, 0.1) is 5.92 Å². The molecule has 5 atom stereocenters. The molecule has 0 saturated carbocycles. The van der Waals surface area contributed by atoms with Crippen molar-refractivity contribution in [2.24, 2.45) is 17.4 Å². The third kappa shape index (κ3) is 9.59. The predicted octanol–water partition coefficient (Wildman–Crippen LogP) is -2.29. The Hall–Kier alpha value is -3.71. The number of hydrogen-bond donors (Lipinski definition) is 8. The van der Waals surface area contributed by atoms with Crippen molar-refractivity contribution in [3.8, 4) is 5.75 Å². The Morgan fingerprint density at radius 3 is 2.00 bits per heavy atom. The van der Waals surface area contributed by atoms with Crippen molar-refractivity contribution in [1.82, 2.24) is 16.0 Å². The number of nitrogens with two attached hydrogens (primary N) is 2. The van der Waals surface area contributed by atoms with Gasteiger partial charge in [0.25, 0.3) is 0 Å². The Bertz CT molecular complexity index is 908. The summed E-state index contributed by atoms with van der Waals surface area (Å²) < 4.78 is 0. The maximum absolute atomic E-state index is 12.9. The molecule has 4 amide bonds. The van der Waals surface area contributed by atoms with Crippen LogP contribution in [-0.2, 0) is 30.4 Å². The molecule has 0 aliphatic rings. The average Bonchev–Trinajstić information content (AvgIpc) is 2.80. The molecule has 1 aromatic carbocycles. The lowest BCUT2D eigenvalue weighted by Crippen LogP contribution is -2.59. The van der Waals surface area contributed by atoms with E-state index in [1.54, 1.807) is 13.8 Å². The van der Waals surface area contributed by atoms with Crippen LogP contribution in [0.1, 0.15) is 32.3 Å². The second-order valence-electron chi connectivity index (χ2n) is 8.16. The van der Waals surface area contributed by atoms with Crippen LogP contribution >= 0.6 is 0 Å². The minimum Gasteiger partial charge on any atom is -0.508 e. The molecule has 0 spiro atoms. The Morgan fingerprint density at radius 2 is 1.51 bits per heavy atom. The number of aliphatic carboxylic acids is 1. The number of carboxylic acids is 1. The van der Waals surface area contributed by atoms with Crippen molar-refractivity contribution in [2.75, 3.05) is 6.61 Å². The number of benzene rings is 1. The molecular weight excluding hydrogens is 462 g/mol. The number of aromatic hydroxyl groups is 1. The van der Waals surface area contributed by atoms with Gasteiger partial charge in [-0.1, -0.05) is 32.4 Å². The van der Waals surface area contributed by atoms with E-state index in [0.717, 1.165) is 0 Å². The smallest absolute Gasteiger partial charge is 0.326 e. The standard InChI is InChI=1S/C22H33N5O8/c1-3-11(2)18(27-19(31)14(23)9-17(24)30)21(33)26-16(10-28)20(32)25-15(22(34)35)8-12-4-6-13(29)7-5-12/h4-7,11,14-16,18,28-29H,3,8-10,23H2,1-2H3,(H2,24,30)(H,25,32)(H,26,33)(H,27,31)(H,34,35). The number of hydrogen-bond acceptors (Lipinski definition) is 8. The topological polar surface area (TPSA) is 234 Å². The van der Waals surface area contributed by atoms with Crippen molar-refractivity contribution in [1.29, 1.82) is 0 Å². The number of aliphatic hydroxyl groups is 1. The van der Waals surface area contributed by atoms with Crippen LogP contribution in [0.15, 0.2) is 24.3 Å². The van der Waals surface area contributed by atoms with Gasteiger partial charge < -0.3 is 42.7 Å². The molecule has 0 aliphatic heterocycles. The van der Waals surface area contributed by atoms with Crippen LogP contribution in [0.5, 0.6) is 5.75 Å². The second kappa shape index (κ2) is 13.9. The number of carboxylic acid groups (broad SMARTS) is 1. The van der Waals surface area contributed by atoms with Gasteiger partial charge in [-0.3, -0.25) is 19.2 Å². The largest absolute Gasteiger partial charge is 0.508 e. The molecule has 10 N–H and O–H groups in total. The van der Waals surface area contributed by atoms with E-state index in [1.807, 2.05) is 0 Å². The average molecular weight is 496 g/mol. The van der Waals surface area contributed by atoms with Crippen molar-refractivity contribution in [3.63, 3.8) is 0 Å². The fourth-order valence-corrected chi connectivity index (χ4v) is 3.07. The molecular formula is C22H33N5O8. The number of phenolic OH excluding ortho intramolecular Hbond substituents is 1. The zero-order chi connectivity index (χ0) is 26.7. The first kappa shape index (κ1) is 29.3. The number of primary amides is 1. The molecule has 13 heteroatoms. The lowest BCUT2D eigenvalue weighted by atomic mass is 9.97. The Labute approximate surface area is 202 Å². The molecule has 0 bridgehead atoms. The summed E-state index contributed by atoms with van der Waals surface area (Å²) in [6, 6.07) is 0.398. The number of rotatable bonds is 14. The summed E-state index contributed by atoms with van der Waals surface area (Å²) in [5.74, 6) is -5.12. The maximum Gasteiger partial charge on any atom is 0.326 e. The van der Waals surface area contributed by atoms with E-state index in [0.29, 0.717) is 12.0 Å². The summed E-state index contributed by atoms with van der Waals surface area (Å²) in [5, 5.41) is 35.5. The van der Waals surface area contributed by atoms with E-state index < -0.39 is 72.7 Å². The Morgan fingerprint density at radius 1 is 0.943 bits per heavy atom. The highest BCUT2D eigenvalue weighted by Gasteiger charge is 2.32. The number of nitrogens with one attached hydrogen (secondary N) is 3. The van der Waals surface area contributed by atoms with Gasteiger partial charge in [-0.2, -0.15) is 0 Å². The van der Waals surface area contributed by atoms with Crippen molar-refractivity contribution >= 4 is 29.6 Å². The van der Waals surface area contributed by atoms with Crippen LogP contribution < -0.4 is 27.4 Å². The predicted molar refractivity (Wildman–Crippen MR) is 124 cm³/mol. The quantitative estimate of drug-likeness (QED) is 0.138. The molecule has 5 unspecified atom stereocenters. The van der Waals surface area contributed by atoms with Crippen molar-refractivity contribution in [2.45, 2.75) is 57.3 Å². The zero-order valence-corrected chi connectivity index (χ0v) is 19.6. The molecule has 0 fully saturated rings. The number of aliphatic hydroxyl groups excluding tert-OH is 1. The lowest BCUT2D eigenvalue weighted by Gasteiger charge is -2.27. The highest BCUT2D eigenvalue weighted by molar-refractivity contribution is 5.95. The summed E-state index contributed by atoms with van der Waals surface area (Å²) in [6.07, 6.45) is -0.0934. The number of phenols is 1. The highest BCUT2D eigenvalue weighted by Crippen LogP contribution is 2.12. The second-order valence-corrected chi connectivity index (χ2v) is 8.16. The van der Waals surface area contributed by atoms with Gasteiger partial charge in [0.2, 0.25) is 23.6 Å². The van der Waals surface area contributed by atoms with E-state index in [4.69, 9.17) is 11.5 Å². The van der Waals surface area contributed by atoms with Crippen LogP contribution in [0.2, 0.25) is 0 Å². The van der Waals surface area contributed by atoms with E-state index in [1.165, 1.54) is 24.3 Å². The summed E-state index contributed by atoms with van der Waals surface area (Å²) in [4.78, 5) is 60.4. The maximum atomic E-state index is 12.9. The third-order valence-corrected chi connectivity index (χ3v) is 5.36. The summed E-state index contributed by atoms with van der Waals surface area (Å²) in [5.41, 5.74) is 11.2. The van der Waals surface area contributed by atoms with Crippen LogP contribution in [0.3, 0.4) is 0 Å². The van der Waals surface area contributed by atoms with Crippen LogP contribution in [0.4, 0.5) is 0 Å². The Balaban J connectivity index is 2.91. The van der Waals surface area contributed by atoms with Gasteiger partial charge in [-0.05, 0) is 23.6 Å². The van der Waals surface area contributed by atoms with Gasteiger partial charge in [-0.25, -0.2) is 4.79 Å². The number of amides is 4. The van der Waals surface area contributed by atoms with Crippen LogP contribution in [0.25, 0.3) is 0 Å². The molecule has 0 heterocycles. The van der Waals surface area contributed by atoms with E-state index in [-0.39, 0.29) is 12.2 Å². The van der Waals surface area contributed by atoms with E-state index >= 15 is 0 Å². The highest BCUT2D eigenvalue weighted by atomic mass is 16.4. The molecule has 0 saturated heterocycles. The Kier molecular flexibility index (Phi) is 11.6.